The molecule has 2 heteroatoms. The molecule has 1 N–H and O–H groups in total. The zero-order chi connectivity index (χ0) is 12.5. The Morgan fingerprint density at radius 3 is 2.61 bits per heavy atom. The molecule has 0 amide bonds. The first-order valence-corrected chi connectivity index (χ1v) is 7.31. The lowest BCUT2D eigenvalue weighted by Crippen LogP contribution is -2.54. The molecule has 0 bridgehead atoms. The predicted octanol–water partition coefficient (Wildman–Crippen LogP) is 2.36. The minimum absolute atomic E-state index is 0.641. The monoisotopic (exact) mass is 244 g/mol. The van der Waals surface area contributed by atoms with Crippen molar-refractivity contribution in [2.24, 2.45) is 0 Å². The van der Waals surface area contributed by atoms with Crippen LogP contribution in [0, 0.1) is 0 Å². The number of nitrogens with zero attached hydrogens (tertiary/aromatic N) is 1. The van der Waals surface area contributed by atoms with E-state index >= 15 is 0 Å². The Labute approximate surface area is 110 Å². The van der Waals surface area contributed by atoms with E-state index in [2.05, 4.69) is 42.3 Å². The molecule has 0 radical (unpaired) electrons. The van der Waals surface area contributed by atoms with Gasteiger partial charge in [0.15, 0.2) is 0 Å². The summed E-state index contributed by atoms with van der Waals surface area (Å²) in [4.78, 5) is 2.63. The lowest BCUT2D eigenvalue weighted by molar-refractivity contribution is 0.109. The zero-order valence-electron chi connectivity index (χ0n) is 11.6. The molecule has 1 saturated heterocycles. The largest absolute Gasteiger partial charge is 0.314 e. The van der Waals surface area contributed by atoms with Crippen LogP contribution in [0.15, 0.2) is 18.2 Å². The molecule has 1 aromatic rings. The van der Waals surface area contributed by atoms with Crippen molar-refractivity contribution in [3.63, 3.8) is 0 Å². The van der Waals surface area contributed by atoms with Crippen LogP contribution >= 0.6 is 0 Å². The second-order valence-corrected chi connectivity index (χ2v) is 5.99. The Hall–Kier alpha value is -0.860. The topological polar surface area (TPSA) is 15.3 Å². The van der Waals surface area contributed by atoms with E-state index in [9.17, 15) is 0 Å². The molecule has 2 atom stereocenters. The Bertz CT molecular complexity index is 417. The molecule has 98 valence electrons. The van der Waals surface area contributed by atoms with E-state index in [0.717, 1.165) is 19.6 Å². The summed E-state index contributed by atoms with van der Waals surface area (Å²) in [6, 6.07) is 8.42. The fourth-order valence-electron chi connectivity index (χ4n) is 3.42. The number of benzene rings is 1. The molecule has 1 aliphatic heterocycles. The fourth-order valence-corrected chi connectivity index (χ4v) is 3.42. The summed E-state index contributed by atoms with van der Waals surface area (Å²) in [7, 11) is 0. The van der Waals surface area contributed by atoms with Crippen molar-refractivity contribution >= 4 is 0 Å². The van der Waals surface area contributed by atoms with Gasteiger partial charge in [-0.3, -0.25) is 4.90 Å². The minimum atomic E-state index is 0.641. The fraction of sp³-hybridized carbons (Fsp3) is 0.625. The second kappa shape index (κ2) is 5.02. The van der Waals surface area contributed by atoms with Gasteiger partial charge in [0.05, 0.1) is 0 Å². The summed E-state index contributed by atoms with van der Waals surface area (Å²) >= 11 is 0. The Kier molecular flexibility index (Phi) is 3.40. The molecule has 18 heavy (non-hydrogen) atoms. The van der Waals surface area contributed by atoms with E-state index in [1.807, 2.05) is 0 Å². The van der Waals surface area contributed by atoms with Gasteiger partial charge in [0.1, 0.15) is 0 Å². The van der Waals surface area contributed by atoms with E-state index < -0.39 is 0 Å². The lowest BCUT2D eigenvalue weighted by atomic mass is 10.0. The number of hydrogen-bond acceptors (Lipinski definition) is 2. The summed E-state index contributed by atoms with van der Waals surface area (Å²) in [6.07, 6.45) is 3.92. The van der Waals surface area contributed by atoms with Crippen LogP contribution < -0.4 is 5.32 Å². The molecular weight excluding hydrogens is 220 g/mol. The molecule has 1 aromatic carbocycles. The van der Waals surface area contributed by atoms with Gasteiger partial charge in [0.2, 0.25) is 0 Å². The summed E-state index contributed by atoms with van der Waals surface area (Å²) in [5.41, 5.74) is 4.68. The Morgan fingerprint density at radius 2 is 1.83 bits per heavy atom. The van der Waals surface area contributed by atoms with Crippen LogP contribution in [-0.4, -0.2) is 30.1 Å². The molecular formula is C16H24N2. The highest BCUT2D eigenvalue weighted by Crippen LogP contribution is 2.24. The standard InChI is InChI=1S/C16H24N2/c1-12-9-17-10-13(2)18(12)11-14-6-7-15-4-3-5-16(15)8-14/h6-8,12-13,17H,3-5,9-11H2,1-2H3. The molecule has 2 aliphatic rings. The summed E-state index contributed by atoms with van der Waals surface area (Å²) in [5, 5.41) is 3.50. The highest BCUT2D eigenvalue weighted by molar-refractivity contribution is 5.35. The van der Waals surface area contributed by atoms with E-state index in [1.165, 1.54) is 24.8 Å². The van der Waals surface area contributed by atoms with Gasteiger partial charge >= 0.3 is 0 Å². The molecule has 2 unspecified atom stereocenters. The van der Waals surface area contributed by atoms with Crippen LogP contribution in [-0.2, 0) is 19.4 Å². The zero-order valence-corrected chi connectivity index (χ0v) is 11.6. The summed E-state index contributed by atoms with van der Waals surface area (Å²) < 4.78 is 0. The highest BCUT2D eigenvalue weighted by Gasteiger charge is 2.24. The maximum Gasteiger partial charge on any atom is 0.0240 e. The van der Waals surface area contributed by atoms with Crippen molar-refractivity contribution in [2.45, 2.75) is 51.7 Å². The van der Waals surface area contributed by atoms with E-state index in [1.54, 1.807) is 11.1 Å². The van der Waals surface area contributed by atoms with Crippen LogP contribution in [0.2, 0.25) is 0 Å². The second-order valence-electron chi connectivity index (χ2n) is 5.99. The first kappa shape index (κ1) is 12.2. The van der Waals surface area contributed by atoms with E-state index in [0.29, 0.717) is 12.1 Å². The summed E-state index contributed by atoms with van der Waals surface area (Å²) in [6.45, 7) is 8.01. The number of rotatable bonds is 2. The van der Waals surface area contributed by atoms with Gasteiger partial charge < -0.3 is 5.32 Å². The van der Waals surface area contributed by atoms with Crippen molar-refractivity contribution < 1.29 is 0 Å². The Balaban J connectivity index is 1.75. The summed E-state index contributed by atoms with van der Waals surface area (Å²) in [5.74, 6) is 0. The van der Waals surface area contributed by atoms with Gasteiger partial charge in [-0.2, -0.15) is 0 Å². The number of piperazine rings is 1. The number of fused-ring (bicyclic) bond motifs is 1. The van der Waals surface area contributed by atoms with Gasteiger partial charge in [-0.15, -0.1) is 0 Å². The average Bonchev–Trinajstić information content (AvgIpc) is 2.81. The molecule has 1 heterocycles. The van der Waals surface area contributed by atoms with Gasteiger partial charge in [0.25, 0.3) is 0 Å². The van der Waals surface area contributed by atoms with Gasteiger partial charge in [-0.1, -0.05) is 18.2 Å². The normalized spacial score (nSPS) is 28.3. The van der Waals surface area contributed by atoms with Crippen molar-refractivity contribution in [1.29, 1.82) is 0 Å². The number of nitrogens with one attached hydrogen (secondary N) is 1. The van der Waals surface area contributed by atoms with Crippen LogP contribution in [0.25, 0.3) is 0 Å². The molecule has 1 fully saturated rings. The maximum atomic E-state index is 3.50. The molecule has 0 spiro atoms. The minimum Gasteiger partial charge on any atom is -0.314 e. The average molecular weight is 244 g/mol. The molecule has 1 aliphatic carbocycles. The molecule has 2 nitrogen and oxygen atoms in total. The van der Waals surface area contributed by atoms with Crippen molar-refractivity contribution in [3.8, 4) is 0 Å². The van der Waals surface area contributed by atoms with Crippen LogP contribution in [0.1, 0.15) is 37.0 Å². The third-order valence-corrected chi connectivity index (χ3v) is 4.54. The van der Waals surface area contributed by atoms with Crippen molar-refractivity contribution in [1.82, 2.24) is 10.2 Å². The Morgan fingerprint density at radius 1 is 1.11 bits per heavy atom. The van der Waals surface area contributed by atoms with Crippen LogP contribution in [0.3, 0.4) is 0 Å². The smallest absolute Gasteiger partial charge is 0.0240 e. The van der Waals surface area contributed by atoms with E-state index in [-0.39, 0.29) is 0 Å². The van der Waals surface area contributed by atoms with Gasteiger partial charge in [-0.25, -0.2) is 0 Å². The first-order chi connectivity index (χ1) is 8.74. The van der Waals surface area contributed by atoms with Crippen LogP contribution in [0.4, 0.5) is 0 Å². The third-order valence-electron chi connectivity index (χ3n) is 4.54. The van der Waals surface area contributed by atoms with Crippen molar-refractivity contribution in [2.75, 3.05) is 13.1 Å². The predicted molar refractivity (Wildman–Crippen MR) is 75.8 cm³/mol. The first-order valence-electron chi connectivity index (χ1n) is 7.31. The van der Waals surface area contributed by atoms with Crippen LogP contribution in [0.5, 0.6) is 0 Å². The maximum absolute atomic E-state index is 3.50. The number of aryl methyl sites for hydroxylation is 2. The quantitative estimate of drug-likeness (QED) is 0.859. The van der Waals surface area contributed by atoms with E-state index in [4.69, 9.17) is 0 Å². The van der Waals surface area contributed by atoms with Gasteiger partial charge in [0, 0.05) is 31.7 Å². The van der Waals surface area contributed by atoms with Crippen molar-refractivity contribution in [3.05, 3.63) is 34.9 Å². The molecule has 3 rings (SSSR count). The highest BCUT2D eigenvalue weighted by atomic mass is 15.2. The molecule has 0 aromatic heterocycles. The lowest BCUT2D eigenvalue weighted by Gasteiger charge is -2.39. The van der Waals surface area contributed by atoms with Gasteiger partial charge in [-0.05, 0) is 49.8 Å². The number of hydrogen-bond donors (Lipinski definition) is 1. The third kappa shape index (κ3) is 2.32. The SMILES string of the molecule is CC1CNCC(C)N1Cc1ccc2c(c1)CCC2. The molecule has 0 saturated carbocycles.